The first-order chi connectivity index (χ1) is 18.5. The fraction of sp³-hybridized carbons (Fsp3) is 0.536. The van der Waals surface area contributed by atoms with Crippen LogP contribution >= 0.6 is 11.6 Å². The van der Waals surface area contributed by atoms with E-state index in [4.69, 9.17) is 25.8 Å². The third kappa shape index (κ3) is 5.93. The lowest BCUT2D eigenvalue weighted by Crippen LogP contribution is -2.54. The van der Waals surface area contributed by atoms with Crippen LogP contribution in [-0.4, -0.2) is 76.0 Å². The Morgan fingerprint density at radius 1 is 1.13 bits per heavy atom. The van der Waals surface area contributed by atoms with Crippen molar-refractivity contribution in [3.63, 3.8) is 0 Å². The van der Waals surface area contributed by atoms with Gasteiger partial charge in [0.05, 0.1) is 31.4 Å². The Bertz CT molecular complexity index is 1180. The van der Waals surface area contributed by atoms with Crippen LogP contribution in [0.4, 0.5) is 23.7 Å². The first kappa shape index (κ1) is 29.3. The molecule has 2 aliphatic rings. The molecule has 1 heterocycles. The van der Waals surface area contributed by atoms with Crippen molar-refractivity contribution in [1.82, 2.24) is 9.80 Å². The third-order valence-electron chi connectivity index (χ3n) is 8.22. The number of alkyl halides is 3. The highest BCUT2D eigenvalue weighted by Crippen LogP contribution is 2.50. The number of likely N-dealkylation sites (tertiary alicyclic amines) is 1. The topological polar surface area (TPSA) is 63.3 Å². The first-order valence-electron chi connectivity index (χ1n) is 12.9. The molecule has 1 aliphatic carbocycles. The van der Waals surface area contributed by atoms with E-state index in [1.165, 1.54) is 11.6 Å². The lowest BCUT2D eigenvalue weighted by Gasteiger charge is -2.47. The molecule has 1 saturated carbocycles. The first-order valence-corrected chi connectivity index (χ1v) is 13.3. The molecule has 0 bridgehead atoms. The summed E-state index contributed by atoms with van der Waals surface area (Å²) in [5.74, 6) is 1.36. The minimum Gasteiger partial charge on any atom is -0.493 e. The number of hydrogen-bond donors (Lipinski definition) is 1. The standard InChI is InChI=1S/C28H35ClF3N3O4/c1-34-12-11-27(18-5-8-23(38-3)24(15-18)39-4)10-9-20(17-25(27)34)35(13-14-37-2)26(36)33-19-6-7-22(29)21(16-19)28(30,31)32/h5-8,15-16,20,25H,9-14,17H2,1-4H3,(H,33,36)/t20-,25+,27+/m1/s1. The van der Waals surface area contributed by atoms with Crippen molar-refractivity contribution in [2.75, 3.05) is 53.4 Å². The van der Waals surface area contributed by atoms with Crippen molar-refractivity contribution in [3.05, 3.63) is 52.5 Å². The second-order valence-corrected chi connectivity index (χ2v) is 10.6. The van der Waals surface area contributed by atoms with Crippen molar-refractivity contribution in [2.24, 2.45) is 0 Å². The molecule has 7 nitrogen and oxygen atoms in total. The average molecular weight is 570 g/mol. The molecule has 0 unspecified atom stereocenters. The fourth-order valence-corrected chi connectivity index (χ4v) is 6.41. The van der Waals surface area contributed by atoms with Crippen molar-refractivity contribution in [3.8, 4) is 11.5 Å². The summed E-state index contributed by atoms with van der Waals surface area (Å²) in [6, 6.07) is 9.05. The van der Waals surface area contributed by atoms with Gasteiger partial charge in [-0.3, -0.25) is 0 Å². The van der Waals surface area contributed by atoms with Crippen LogP contribution in [0.5, 0.6) is 11.5 Å². The fourth-order valence-electron chi connectivity index (χ4n) is 6.18. The lowest BCUT2D eigenvalue weighted by atomic mass is 9.64. The molecule has 4 rings (SSSR count). The van der Waals surface area contributed by atoms with Gasteiger partial charge in [0.15, 0.2) is 11.5 Å². The van der Waals surface area contributed by atoms with Crippen LogP contribution in [-0.2, 0) is 16.3 Å². The van der Waals surface area contributed by atoms with Crippen LogP contribution in [0.3, 0.4) is 0 Å². The monoisotopic (exact) mass is 569 g/mol. The molecule has 1 aliphatic heterocycles. The van der Waals surface area contributed by atoms with E-state index in [2.05, 4.69) is 29.4 Å². The van der Waals surface area contributed by atoms with Gasteiger partial charge in [-0.2, -0.15) is 13.2 Å². The number of nitrogens with one attached hydrogen (secondary N) is 1. The summed E-state index contributed by atoms with van der Waals surface area (Å²) in [7, 11) is 6.89. The normalized spacial score (nSPS) is 23.3. The molecule has 0 aromatic heterocycles. The van der Waals surface area contributed by atoms with Crippen LogP contribution in [0, 0.1) is 0 Å². The van der Waals surface area contributed by atoms with Gasteiger partial charge < -0.3 is 29.3 Å². The van der Waals surface area contributed by atoms with Gasteiger partial charge in [0, 0.05) is 36.8 Å². The van der Waals surface area contributed by atoms with E-state index < -0.39 is 22.8 Å². The van der Waals surface area contributed by atoms with Gasteiger partial charge in [0.25, 0.3) is 0 Å². The maximum absolute atomic E-state index is 13.4. The van der Waals surface area contributed by atoms with Crippen molar-refractivity contribution >= 4 is 23.3 Å². The number of likely N-dealkylation sites (N-methyl/N-ethyl adjacent to an activating group) is 1. The highest BCUT2D eigenvalue weighted by molar-refractivity contribution is 6.31. The SMILES string of the molecule is COCCN(C(=O)Nc1ccc(Cl)c(C(F)(F)F)c1)[C@@H]1CC[C@@]2(c3ccc(OC)c(OC)c3)CCN(C)[C@H]2C1. The zero-order valence-corrected chi connectivity index (χ0v) is 23.4. The number of halogens is 4. The van der Waals surface area contributed by atoms with Crippen LogP contribution < -0.4 is 14.8 Å². The van der Waals surface area contributed by atoms with Gasteiger partial charge in [-0.25, -0.2) is 4.79 Å². The van der Waals surface area contributed by atoms with E-state index in [1.807, 2.05) is 6.07 Å². The maximum Gasteiger partial charge on any atom is 0.417 e. The Balaban J connectivity index is 1.58. The Morgan fingerprint density at radius 2 is 1.87 bits per heavy atom. The van der Waals surface area contributed by atoms with Gasteiger partial charge in [-0.05, 0) is 75.2 Å². The molecule has 1 saturated heterocycles. The Hall–Kier alpha value is -2.69. The van der Waals surface area contributed by atoms with E-state index in [9.17, 15) is 18.0 Å². The number of urea groups is 1. The quantitative estimate of drug-likeness (QED) is 0.419. The van der Waals surface area contributed by atoms with Crippen LogP contribution in [0.25, 0.3) is 0 Å². The number of benzene rings is 2. The van der Waals surface area contributed by atoms with Crippen LogP contribution in [0.2, 0.25) is 5.02 Å². The maximum atomic E-state index is 13.4. The predicted molar refractivity (Wildman–Crippen MR) is 144 cm³/mol. The number of nitrogens with zero attached hydrogens (tertiary/aromatic N) is 2. The van der Waals surface area contributed by atoms with Gasteiger partial charge in [-0.1, -0.05) is 17.7 Å². The third-order valence-corrected chi connectivity index (χ3v) is 8.55. The average Bonchev–Trinajstić information content (AvgIpc) is 3.25. The summed E-state index contributed by atoms with van der Waals surface area (Å²) >= 11 is 5.76. The largest absolute Gasteiger partial charge is 0.493 e. The number of fused-ring (bicyclic) bond motifs is 1. The van der Waals surface area contributed by atoms with Crippen molar-refractivity contribution in [2.45, 2.75) is 49.4 Å². The highest BCUT2D eigenvalue weighted by Gasteiger charge is 2.51. The summed E-state index contributed by atoms with van der Waals surface area (Å²) in [6.45, 7) is 1.53. The molecular formula is C28H35ClF3N3O4. The second kappa shape index (κ2) is 11.8. The molecule has 2 fully saturated rings. The Labute approximate surface area is 232 Å². The number of ether oxygens (including phenoxy) is 3. The smallest absolute Gasteiger partial charge is 0.417 e. The van der Waals surface area contributed by atoms with E-state index in [1.54, 1.807) is 26.2 Å². The number of carbonyl (C=O) groups excluding carboxylic acids is 1. The van der Waals surface area contributed by atoms with E-state index in [-0.39, 0.29) is 23.2 Å². The van der Waals surface area contributed by atoms with Crippen molar-refractivity contribution in [1.29, 1.82) is 0 Å². The number of anilines is 1. The molecule has 1 N–H and O–H groups in total. The predicted octanol–water partition coefficient (Wildman–Crippen LogP) is 6.05. The number of hydrogen-bond acceptors (Lipinski definition) is 5. The van der Waals surface area contributed by atoms with Gasteiger partial charge in [0.1, 0.15) is 0 Å². The molecule has 39 heavy (non-hydrogen) atoms. The Kier molecular flexibility index (Phi) is 8.88. The Morgan fingerprint density at radius 3 is 2.54 bits per heavy atom. The van der Waals surface area contributed by atoms with Crippen LogP contribution in [0.15, 0.2) is 36.4 Å². The summed E-state index contributed by atoms with van der Waals surface area (Å²) in [4.78, 5) is 17.5. The molecule has 214 valence electrons. The zero-order chi connectivity index (χ0) is 28.4. The van der Waals surface area contributed by atoms with Gasteiger partial charge >= 0.3 is 12.2 Å². The number of amides is 2. The van der Waals surface area contributed by atoms with Gasteiger partial charge in [-0.15, -0.1) is 0 Å². The molecule has 0 radical (unpaired) electrons. The number of carbonyl (C=O) groups is 1. The molecule has 2 aromatic carbocycles. The molecular weight excluding hydrogens is 535 g/mol. The van der Waals surface area contributed by atoms with Crippen LogP contribution in [0.1, 0.15) is 36.8 Å². The van der Waals surface area contributed by atoms with E-state index >= 15 is 0 Å². The van der Waals surface area contributed by atoms with Gasteiger partial charge in [0.2, 0.25) is 0 Å². The number of rotatable bonds is 8. The summed E-state index contributed by atoms with van der Waals surface area (Å²) in [5, 5.41) is 2.24. The molecule has 2 aromatic rings. The summed E-state index contributed by atoms with van der Waals surface area (Å²) < 4.78 is 56.4. The van der Waals surface area contributed by atoms with E-state index in [0.717, 1.165) is 44.4 Å². The molecule has 0 spiro atoms. The summed E-state index contributed by atoms with van der Waals surface area (Å²) in [6.07, 6.45) is -1.35. The molecule has 3 atom stereocenters. The second-order valence-electron chi connectivity index (χ2n) is 10.2. The molecule has 2 amide bonds. The van der Waals surface area contributed by atoms with E-state index in [0.29, 0.717) is 24.7 Å². The highest BCUT2D eigenvalue weighted by atomic mass is 35.5. The molecule has 11 heteroatoms. The minimum atomic E-state index is -4.63. The zero-order valence-electron chi connectivity index (χ0n) is 22.6. The number of methoxy groups -OCH3 is 3. The summed E-state index contributed by atoms with van der Waals surface area (Å²) in [5.41, 5.74) is 0.121. The lowest BCUT2D eigenvalue weighted by molar-refractivity contribution is -0.137. The van der Waals surface area contributed by atoms with Crippen molar-refractivity contribution < 1.29 is 32.2 Å². The minimum absolute atomic E-state index is 0.0348.